The average molecular weight is 501 g/mol. The van der Waals surface area contributed by atoms with Crippen molar-refractivity contribution in [3.63, 3.8) is 0 Å². The molecule has 1 N–H and O–H groups in total. The number of hydrogen-bond donors (Lipinski definition) is 1. The molecule has 0 saturated heterocycles. The van der Waals surface area contributed by atoms with Crippen LogP contribution in [0, 0.1) is 0 Å². The molecule has 2 aromatic heterocycles. The van der Waals surface area contributed by atoms with E-state index in [9.17, 15) is 18.0 Å². The van der Waals surface area contributed by atoms with Crippen LogP contribution in [0.3, 0.4) is 0 Å². The molecule has 6 nitrogen and oxygen atoms in total. The second kappa shape index (κ2) is 10.2. The van der Waals surface area contributed by atoms with Crippen LogP contribution < -0.4 is 10.1 Å². The molecule has 10 heteroatoms. The number of fused-ring (bicyclic) bond motifs is 1. The number of carbonyl (C=O) groups is 1. The van der Waals surface area contributed by atoms with Crippen LogP contribution in [-0.4, -0.2) is 27.9 Å². The third kappa shape index (κ3) is 6.19. The van der Waals surface area contributed by atoms with Crippen molar-refractivity contribution < 1.29 is 22.7 Å². The van der Waals surface area contributed by atoms with Gasteiger partial charge in [0.15, 0.2) is 0 Å². The first kappa shape index (κ1) is 24.3. The highest BCUT2D eigenvalue weighted by molar-refractivity contribution is 6.30. The molecule has 35 heavy (non-hydrogen) atoms. The number of halogens is 4. The van der Waals surface area contributed by atoms with Crippen molar-refractivity contribution in [1.82, 2.24) is 14.7 Å². The average Bonchev–Trinajstić information content (AvgIpc) is 3.19. The molecule has 4 rings (SSSR count). The highest BCUT2D eigenvalue weighted by Crippen LogP contribution is 2.23. The van der Waals surface area contributed by atoms with Gasteiger partial charge in [-0.15, -0.1) is 13.2 Å². The van der Waals surface area contributed by atoms with Gasteiger partial charge in [-0.25, -0.2) is 4.98 Å². The minimum absolute atomic E-state index is 0.239. The lowest BCUT2D eigenvalue weighted by molar-refractivity contribution is -0.274. The summed E-state index contributed by atoms with van der Waals surface area (Å²) in [5.41, 5.74) is 3.93. The van der Waals surface area contributed by atoms with Gasteiger partial charge in [-0.3, -0.25) is 14.2 Å². The van der Waals surface area contributed by atoms with Crippen molar-refractivity contribution in [3.8, 4) is 5.75 Å². The first-order valence-electron chi connectivity index (χ1n) is 10.7. The van der Waals surface area contributed by atoms with Gasteiger partial charge in [0.25, 0.3) is 5.91 Å². The van der Waals surface area contributed by atoms with Gasteiger partial charge in [-0.05, 0) is 60.0 Å². The summed E-state index contributed by atoms with van der Waals surface area (Å²) in [6.07, 6.45) is -0.858. The number of nitrogens with zero attached hydrogens (tertiary/aromatic N) is 3. The number of hydrogen-bond acceptors (Lipinski definition) is 4. The molecule has 180 valence electrons. The highest BCUT2D eigenvalue weighted by Gasteiger charge is 2.30. The summed E-state index contributed by atoms with van der Waals surface area (Å²) in [6.45, 7) is 2.25. The van der Waals surface area contributed by atoms with Gasteiger partial charge in [0.2, 0.25) is 0 Å². The number of rotatable bonds is 7. The molecule has 0 aliphatic carbocycles. The number of ether oxygens (including phenoxy) is 1. The lowest BCUT2D eigenvalue weighted by atomic mass is 10.2. The monoisotopic (exact) mass is 500 g/mol. The molecule has 1 amide bonds. The number of imidazole rings is 1. The number of benzene rings is 2. The third-order valence-corrected chi connectivity index (χ3v) is 5.31. The Morgan fingerprint density at radius 3 is 2.51 bits per heavy atom. The van der Waals surface area contributed by atoms with Gasteiger partial charge in [-0.1, -0.05) is 30.7 Å². The number of alkyl halides is 3. The number of carbonyl (C=O) groups excluding carboxylic acids is 1. The fourth-order valence-electron chi connectivity index (χ4n) is 3.43. The van der Waals surface area contributed by atoms with Crippen molar-refractivity contribution in [1.29, 1.82) is 0 Å². The predicted molar refractivity (Wildman–Crippen MR) is 128 cm³/mol. The molecule has 0 aliphatic heterocycles. The zero-order chi connectivity index (χ0) is 25.0. The van der Waals surface area contributed by atoms with Crippen molar-refractivity contribution in [2.24, 2.45) is 4.99 Å². The maximum Gasteiger partial charge on any atom is 0.573 e. The van der Waals surface area contributed by atoms with E-state index in [0.29, 0.717) is 46.3 Å². The van der Waals surface area contributed by atoms with Crippen LogP contribution in [0.25, 0.3) is 5.65 Å². The fraction of sp³-hybridized carbons (Fsp3) is 0.160. The summed E-state index contributed by atoms with van der Waals surface area (Å²) in [5.74, 6) is -0.531. The SMILES string of the molecule is CCc1nc2cc(Cl)ccn2c1C(=O)NCc1ccc(N=Cc2ccc(OC(F)(F)F)cc2)cc1. The molecule has 0 aliphatic rings. The third-order valence-electron chi connectivity index (χ3n) is 5.08. The van der Waals surface area contributed by atoms with E-state index >= 15 is 0 Å². The summed E-state index contributed by atoms with van der Waals surface area (Å²) in [6, 6.07) is 16.1. The summed E-state index contributed by atoms with van der Waals surface area (Å²) in [5, 5.41) is 3.47. The molecule has 2 aromatic carbocycles. The quantitative estimate of drug-likeness (QED) is 0.310. The number of aromatic nitrogens is 2. The van der Waals surface area contributed by atoms with Crippen LogP contribution >= 0.6 is 11.6 Å². The molecule has 0 atom stereocenters. The van der Waals surface area contributed by atoms with E-state index in [4.69, 9.17) is 11.6 Å². The van der Waals surface area contributed by atoms with E-state index < -0.39 is 6.36 Å². The van der Waals surface area contributed by atoms with Crippen LogP contribution in [0.5, 0.6) is 5.75 Å². The Bertz CT molecular complexity index is 1360. The Kier molecular flexibility index (Phi) is 7.07. The van der Waals surface area contributed by atoms with Crippen molar-refractivity contribution in [2.75, 3.05) is 0 Å². The Balaban J connectivity index is 1.38. The zero-order valence-corrected chi connectivity index (χ0v) is 19.3. The number of aryl methyl sites for hydroxylation is 1. The van der Waals surface area contributed by atoms with Crippen molar-refractivity contribution >= 4 is 35.1 Å². The Hall–Kier alpha value is -3.85. The maximum atomic E-state index is 12.9. The largest absolute Gasteiger partial charge is 0.573 e. The minimum atomic E-state index is -4.73. The van der Waals surface area contributed by atoms with Crippen LogP contribution in [0.2, 0.25) is 5.02 Å². The molecule has 0 fully saturated rings. The topological polar surface area (TPSA) is 68.0 Å². The summed E-state index contributed by atoms with van der Waals surface area (Å²) in [7, 11) is 0. The Morgan fingerprint density at radius 2 is 1.86 bits per heavy atom. The smallest absolute Gasteiger partial charge is 0.406 e. The molecule has 0 spiro atoms. The van der Waals surface area contributed by atoms with Crippen LogP contribution in [-0.2, 0) is 13.0 Å². The normalized spacial score (nSPS) is 11.8. The van der Waals surface area contributed by atoms with Crippen LogP contribution in [0.4, 0.5) is 18.9 Å². The summed E-state index contributed by atoms with van der Waals surface area (Å²) >= 11 is 6.04. The first-order chi connectivity index (χ1) is 16.7. The van der Waals surface area contributed by atoms with Gasteiger partial charge in [-0.2, -0.15) is 0 Å². The standard InChI is InChI=1S/C25H20ClF3N4O2/c1-2-21-23(33-12-11-18(26)13-22(33)32-21)24(34)31-15-16-3-7-19(8-4-16)30-14-17-5-9-20(10-6-17)35-25(27,28)29/h3-14H,2,15H2,1H3,(H,31,34). The fourth-order valence-corrected chi connectivity index (χ4v) is 3.58. The summed E-state index contributed by atoms with van der Waals surface area (Å²) in [4.78, 5) is 21.7. The Morgan fingerprint density at radius 1 is 1.14 bits per heavy atom. The Labute approximate surface area is 204 Å². The molecular formula is C25H20ClF3N4O2. The van der Waals surface area contributed by atoms with Gasteiger partial charge >= 0.3 is 6.36 Å². The predicted octanol–water partition coefficient (Wildman–Crippen LogP) is 6.13. The van der Waals surface area contributed by atoms with E-state index in [-0.39, 0.29) is 11.7 Å². The second-order valence-electron chi connectivity index (χ2n) is 7.56. The van der Waals surface area contributed by atoms with Crippen LogP contribution in [0.1, 0.15) is 34.2 Å². The molecule has 0 unspecified atom stereocenters. The molecule has 4 aromatic rings. The molecule has 0 saturated carbocycles. The molecular weight excluding hydrogens is 481 g/mol. The first-order valence-corrected chi connectivity index (χ1v) is 11.0. The van der Waals surface area contributed by atoms with Crippen molar-refractivity contribution in [2.45, 2.75) is 26.3 Å². The maximum absolute atomic E-state index is 12.9. The number of pyridine rings is 1. The lowest BCUT2D eigenvalue weighted by Crippen LogP contribution is -2.25. The number of nitrogens with one attached hydrogen (secondary N) is 1. The molecule has 2 heterocycles. The van der Waals surface area contributed by atoms with Gasteiger partial charge in [0, 0.05) is 30.0 Å². The van der Waals surface area contributed by atoms with E-state index in [1.54, 1.807) is 34.9 Å². The van der Waals surface area contributed by atoms with E-state index in [1.807, 2.05) is 19.1 Å². The highest BCUT2D eigenvalue weighted by atomic mass is 35.5. The van der Waals surface area contributed by atoms with Gasteiger partial charge in [0.05, 0.1) is 11.4 Å². The minimum Gasteiger partial charge on any atom is -0.406 e. The lowest BCUT2D eigenvalue weighted by Gasteiger charge is -2.08. The van der Waals surface area contributed by atoms with Crippen LogP contribution in [0.15, 0.2) is 71.9 Å². The van der Waals surface area contributed by atoms with E-state index in [1.165, 1.54) is 30.5 Å². The van der Waals surface area contributed by atoms with Gasteiger partial charge in [0.1, 0.15) is 17.1 Å². The summed E-state index contributed by atoms with van der Waals surface area (Å²) < 4.78 is 42.3. The van der Waals surface area contributed by atoms with Gasteiger partial charge < -0.3 is 10.1 Å². The van der Waals surface area contributed by atoms with Crippen molar-refractivity contribution in [3.05, 3.63) is 94.4 Å². The van der Waals surface area contributed by atoms with E-state index in [2.05, 4.69) is 20.0 Å². The zero-order valence-electron chi connectivity index (χ0n) is 18.5. The van der Waals surface area contributed by atoms with E-state index in [0.717, 1.165) is 5.56 Å². The second-order valence-corrected chi connectivity index (χ2v) is 7.99. The number of aliphatic imine (C=N–C) groups is 1. The number of amides is 1. The molecule has 0 bridgehead atoms. The molecule has 0 radical (unpaired) electrons.